The molecule has 3 nitrogen and oxygen atoms in total. The largest absolute Gasteiger partial charge is 0.321 e. The maximum atomic E-state index is 13.1. The maximum Gasteiger partial charge on any atom is 0.256 e. The van der Waals surface area contributed by atoms with Crippen molar-refractivity contribution in [2.45, 2.75) is 32.2 Å². The van der Waals surface area contributed by atoms with Crippen LogP contribution in [0.1, 0.15) is 45.5 Å². The third-order valence-electron chi connectivity index (χ3n) is 7.59. The lowest BCUT2D eigenvalue weighted by molar-refractivity contribution is 0.103. The molecule has 4 aromatic rings. The van der Waals surface area contributed by atoms with Crippen LogP contribution in [0.5, 0.6) is 0 Å². The highest BCUT2D eigenvalue weighted by Crippen LogP contribution is 2.35. The van der Waals surface area contributed by atoms with E-state index in [1.165, 1.54) is 35.1 Å². The number of hydrogen-bond donors (Lipinski definition) is 1. The number of carbonyl (C=O) groups excluding carboxylic acids is 1. The molecule has 2 heterocycles. The molecule has 6 rings (SSSR count). The Morgan fingerprint density at radius 1 is 0.829 bits per heavy atom. The number of anilines is 1. The minimum Gasteiger partial charge on any atom is -0.321 e. The molecule has 0 aromatic heterocycles. The van der Waals surface area contributed by atoms with Crippen LogP contribution < -0.4 is 5.32 Å². The number of halogens is 1. The second-order valence-corrected chi connectivity index (χ2v) is 10.00. The van der Waals surface area contributed by atoms with Crippen LogP contribution >= 0.6 is 0 Å². The summed E-state index contributed by atoms with van der Waals surface area (Å²) < 4.78 is 13.1. The van der Waals surface area contributed by atoms with Gasteiger partial charge in [0.1, 0.15) is 5.82 Å². The van der Waals surface area contributed by atoms with E-state index in [1.54, 1.807) is 12.1 Å². The summed E-state index contributed by atoms with van der Waals surface area (Å²) in [5.74, 6) is 0.516. The summed E-state index contributed by atoms with van der Waals surface area (Å²) in [5, 5.41) is 5.18. The topological polar surface area (TPSA) is 32.3 Å². The molecule has 0 unspecified atom stereocenters. The first-order valence-electron chi connectivity index (χ1n) is 12.5. The monoisotopic (exact) mass is 464 g/mol. The fourth-order valence-electron chi connectivity index (χ4n) is 5.65. The second kappa shape index (κ2) is 9.27. The minimum absolute atomic E-state index is 0.00779. The van der Waals surface area contributed by atoms with Crippen LogP contribution in [0.15, 0.2) is 78.9 Å². The lowest BCUT2D eigenvalue weighted by Gasteiger charge is -2.32. The van der Waals surface area contributed by atoms with E-state index in [0.717, 1.165) is 54.5 Å². The third-order valence-corrected chi connectivity index (χ3v) is 7.59. The van der Waals surface area contributed by atoms with Gasteiger partial charge in [-0.3, -0.25) is 9.69 Å². The van der Waals surface area contributed by atoms with Crippen LogP contribution in [0.3, 0.4) is 0 Å². The molecule has 0 atom stereocenters. The SMILES string of the molecule is O=C1Nc2ccc(Cc3ccc(CN4CCC(Cc5ccc(F)cc5)CC4)cc3)c3cccc1c23. The first kappa shape index (κ1) is 22.0. The van der Waals surface area contributed by atoms with Crippen molar-refractivity contribution in [1.29, 1.82) is 0 Å². The predicted molar refractivity (Wildman–Crippen MR) is 139 cm³/mol. The summed E-state index contributed by atoms with van der Waals surface area (Å²) >= 11 is 0. The van der Waals surface area contributed by atoms with Gasteiger partial charge in [0.25, 0.3) is 5.91 Å². The zero-order valence-electron chi connectivity index (χ0n) is 19.8. The number of hydrogen-bond acceptors (Lipinski definition) is 2. The Hall–Kier alpha value is -3.50. The van der Waals surface area contributed by atoms with Gasteiger partial charge in [-0.15, -0.1) is 0 Å². The average molecular weight is 465 g/mol. The third kappa shape index (κ3) is 4.59. The van der Waals surface area contributed by atoms with E-state index in [4.69, 9.17) is 0 Å². The summed E-state index contributed by atoms with van der Waals surface area (Å²) in [6.45, 7) is 3.21. The summed E-state index contributed by atoms with van der Waals surface area (Å²) in [5.41, 5.74) is 6.81. The van der Waals surface area contributed by atoms with Crippen molar-refractivity contribution < 1.29 is 9.18 Å². The smallest absolute Gasteiger partial charge is 0.256 e. The summed E-state index contributed by atoms with van der Waals surface area (Å²) in [6, 6.07) is 26.1. The molecule has 4 heteroatoms. The highest BCUT2D eigenvalue weighted by atomic mass is 19.1. The Morgan fingerprint density at radius 2 is 1.54 bits per heavy atom. The van der Waals surface area contributed by atoms with E-state index in [0.29, 0.717) is 5.92 Å². The highest BCUT2D eigenvalue weighted by molar-refractivity contribution is 6.24. The van der Waals surface area contributed by atoms with Gasteiger partial charge in [-0.05, 0) is 96.6 Å². The predicted octanol–water partition coefficient (Wildman–Crippen LogP) is 6.59. The van der Waals surface area contributed by atoms with E-state index in [1.807, 2.05) is 30.3 Å². The zero-order chi connectivity index (χ0) is 23.8. The Balaban J connectivity index is 1.07. The number of nitrogens with one attached hydrogen (secondary N) is 1. The van der Waals surface area contributed by atoms with Gasteiger partial charge in [-0.1, -0.05) is 54.6 Å². The van der Waals surface area contributed by atoms with Gasteiger partial charge in [0.2, 0.25) is 0 Å². The molecular weight excluding hydrogens is 435 g/mol. The quantitative estimate of drug-likeness (QED) is 0.349. The Morgan fingerprint density at radius 3 is 2.31 bits per heavy atom. The van der Waals surface area contributed by atoms with Crippen LogP contribution in [0.4, 0.5) is 10.1 Å². The molecule has 2 aliphatic rings. The molecule has 0 radical (unpaired) electrons. The molecular formula is C31H29FN2O. The van der Waals surface area contributed by atoms with E-state index < -0.39 is 0 Å². The minimum atomic E-state index is -0.159. The number of benzene rings is 4. The van der Waals surface area contributed by atoms with Gasteiger partial charge in [0, 0.05) is 23.2 Å². The van der Waals surface area contributed by atoms with Gasteiger partial charge in [0.05, 0.1) is 0 Å². The summed E-state index contributed by atoms with van der Waals surface area (Å²) in [6.07, 6.45) is 4.28. The molecule has 1 fully saturated rings. The highest BCUT2D eigenvalue weighted by Gasteiger charge is 2.22. The molecule has 0 saturated carbocycles. The van der Waals surface area contributed by atoms with Crippen molar-refractivity contribution in [3.8, 4) is 0 Å². The number of amides is 1. The van der Waals surface area contributed by atoms with Crippen molar-refractivity contribution in [2.75, 3.05) is 18.4 Å². The van der Waals surface area contributed by atoms with Gasteiger partial charge < -0.3 is 5.32 Å². The molecule has 4 aromatic carbocycles. The van der Waals surface area contributed by atoms with Crippen LogP contribution in [0.2, 0.25) is 0 Å². The maximum absolute atomic E-state index is 13.1. The van der Waals surface area contributed by atoms with Gasteiger partial charge in [-0.2, -0.15) is 0 Å². The van der Waals surface area contributed by atoms with E-state index >= 15 is 0 Å². The molecule has 1 N–H and O–H groups in total. The first-order valence-corrected chi connectivity index (χ1v) is 12.5. The van der Waals surface area contributed by atoms with Crippen LogP contribution in [-0.4, -0.2) is 23.9 Å². The molecule has 176 valence electrons. The lowest BCUT2D eigenvalue weighted by atomic mass is 9.90. The zero-order valence-corrected chi connectivity index (χ0v) is 19.8. The van der Waals surface area contributed by atoms with Crippen LogP contribution in [0.25, 0.3) is 10.8 Å². The van der Waals surface area contributed by atoms with E-state index in [2.05, 4.69) is 46.6 Å². The number of carbonyl (C=O) groups is 1. The average Bonchev–Trinajstić information content (AvgIpc) is 3.21. The number of nitrogens with zero attached hydrogens (tertiary/aromatic N) is 1. The first-order chi connectivity index (χ1) is 17.1. The number of rotatable bonds is 6. The Kier molecular flexibility index (Phi) is 5.83. The second-order valence-electron chi connectivity index (χ2n) is 10.00. The Bertz CT molecular complexity index is 1370. The van der Waals surface area contributed by atoms with E-state index in [9.17, 15) is 9.18 Å². The lowest BCUT2D eigenvalue weighted by Crippen LogP contribution is -2.33. The molecule has 0 spiro atoms. The molecule has 0 aliphatic carbocycles. The fourth-order valence-corrected chi connectivity index (χ4v) is 5.65. The van der Waals surface area contributed by atoms with Gasteiger partial charge in [0.15, 0.2) is 0 Å². The molecule has 1 amide bonds. The number of likely N-dealkylation sites (tertiary alicyclic amines) is 1. The normalized spacial score (nSPS) is 16.1. The van der Waals surface area contributed by atoms with Gasteiger partial charge in [-0.25, -0.2) is 4.39 Å². The van der Waals surface area contributed by atoms with Crippen molar-refractivity contribution >= 4 is 22.4 Å². The molecule has 1 saturated heterocycles. The van der Waals surface area contributed by atoms with Crippen LogP contribution in [-0.2, 0) is 19.4 Å². The summed E-state index contributed by atoms with van der Waals surface area (Å²) in [7, 11) is 0. The van der Waals surface area contributed by atoms with Crippen molar-refractivity contribution in [2.24, 2.45) is 5.92 Å². The summed E-state index contributed by atoms with van der Waals surface area (Å²) in [4.78, 5) is 14.7. The molecule has 0 bridgehead atoms. The standard InChI is InChI=1S/C31H29FN2O/c32-26-11-8-21(9-12-26)18-23-14-16-34(17-15-23)20-24-6-4-22(5-7-24)19-25-10-13-29-30-27(25)2-1-3-28(30)31(35)33-29/h1-13,23H,14-20H2,(H,33,35). The number of piperidine rings is 1. The van der Waals surface area contributed by atoms with Crippen molar-refractivity contribution in [3.05, 3.63) is 112 Å². The molecule has 35 heavy (non-hydrogen) atoms. The Labute approximate surface area is 205 Å². The molecule has 2 aliphatic heterocycles. The van der Waals surface area contributed by atoms with Gasteiger partial charge >= 0.3 is 0 Å². The van der Waals surface area contributed by atoms with Crippen LogP contribution in [0, 0.1) is 11.7 Å². The fraction of sp³-hybridized carbons (Fsp3) is 0.258. The van der Waals surface area contributed by atoms with Crippen molar-refractivity contribution in [1.82, 2.24) is 4.90 Å². The van der Waals surface area contributed by atoms with Crippen molar-refractivity contribution in [3.63, 3.8) is 0 Å². The van der Waals surface area contributed by atoms with E-state index in [-0.39, 0.29) is 11.7 Å².